The summed E-state index contributed by atoms with van der Waals surface area (Å²) in [5.41, 5.74) is 1.79. The van der Waals surface area contributed by atoms with Crippen LogP contribution in [0.2, 0.25) is 0 Å². The van der Waals surface area contributed by atoms with E-state index in [0.717, 1.165) is 25.7 Å². The van der Waals surface area contributed by atoms with Gasteiger partial charge in [-0.05, 0) is 85.2 Å². The molecule has 3 fully saturated rings. The molecule has 2 nitrogen and oxygen atoms in total. The minimum atomic E-state index is 0.0892. The Hall–Kier alpha value is -0.570. The Morgan fingerprint density at radius 3 is 2.52 bits per heavy atom. The second-order valence-electron chi connectivity index (χ2n) is 10.0. The number of rotatable bonds is 1. The summed E-state index contributed by atoms with van der Waals surface area (Å²) < 4.78 is 0. The molecular weight excluding hydrogens is 328 g/mol. The second kappa shape index (κ2) is 5.47. The summed E-state index contributed by atoms with van der Waals surface area (Å²) in [5, 5.41) is 0.200. The topological polar surface area (TPSA) is 34.1 Å². The van der Waals surface area contributed by atoms with Crippen molar-refractivity contribution >= 4 is 24.2 Å². The first-order chi connectivity index (χ1) is 11.6. The predicted octanol–water partition coefficient (Wildman–Crippen LogP) is 5.02. The van der Waals surface area contributed by atoms with Gasteiger partial charge in [0.15, 0.2) is 5.78 Å². The molecule has 7 unspecified atom stereocenters. The molecule has 7 atom stereocenters. The molecule has 0 saturated heterocycles. The molecular formula is C22H32O2S. The van der Waals surface area contributed by atoms with Gasteiger partial charge in [-0.2, -0.15) is 12.6 Å². The van der Waals surface area contributed by atoms with Gasteiger partial charge in [0.2, 0.25) is 0 Å². The van der Waals surface area contributed by atoms with Crippen molar-refractivity contribution in [2.45, 2.75) is 77.9 Å². The molecule has 0 bridgehead atoms. The van der Waals surface area contributed by atoms with Crippen LogP contribution in [0.4, 0.5) is 0 Å². The van der Waals surface area contributed by atoms with E-state index < -0.39 is 0 Å². The van der Waals surface area contributed by atoms with E-state index >= 15 is 0 Å². The van der Waals surface area contributed by atoms with Gasteiger partial charge in [0.05, 0.1) is 0 Å². The Morgan fingerprint density at radius 2 is 1.84 bits per heavy atom. The van der Waals surface area contributed by atoms with Gasteiger partial charge in [0, 0.05) is 17.6 Å². The largest absolute Gasteiger partial charge is 0.300 e. The molecule has 0 heterocycles. The fourth-order valence-corrected chi connectivity index (χ4v) is 8.18. The highest BCUT2D eigenvalue weighted by Crippen LogP contribution is 2.72. The van der Waals surface area contributed by atoms with E-state index in [2.05, 4.69) is 20.8 Å². The minimum Gasteiger partial charge on any atom is -0.300 e. The highest BCUT2D eigenvalue weighted by Gasteiger charge is 2.65. The summed E-state index contributed by atoms with van der Waals surface area (Å²) in [6, 6.07) is 0. The van der Waals surface area contributed by atoms with Gasteiger partial charge in [-0.1, -0.05) is 20.8 Å². The molecule has 0 aromatic rings. The zero-order valence-electron chi connectivity index (χ0n) is 16.1. The van der Waals surface area contributed by atoms with Crippen LogP contribution < -0.4 is 0 Å². The maximum atomic E-state index is 12.3. The van der Waals surface area contributed by atoms with E-state index in [1.54, 1.807) is 6.92 Å². The van der Waals surface area contributed by atoms with Crippen LogP contribution in [0.5, 0.6) is 0 Å². The van der Waals surface area contributed by atoms with Gasteiger partial charge in [0.1, 0.15) is 5.78 Å². The van der Waals surface area contributed by atoms with Crippen LogP contribution in [-0.2, 0) is 9.59 Å². The first-order valence-electron chi connectivity index (χ1n) is 10.1. The van der Waals surface area contributed by atoms with Crippen molar-refractivity contribution in [1.29, 1.82) is 0 Å². The molecule has 0 amide bonds. The summed E-state index contributed by atoms with van der Waals surface area (Å²) in [5.74, 6) is 2.17. The Bertz CT molecular complexity index is 667. The molecule has 0 aromatic carbocycles. The monoisotopic (exact) mass is 360 g/mol. The number of Topliss-reactive ketones (excluding diaryl/α,β-unsaturated/α-hetero) is 1. The first kappa shape index (κ1) is 17.8. The van der Waals surface area contributed by atoms with Crippen LogP contribution >= 0.6 is 12.6 Å². The smallest absolute Gasteiger partial charge is 0.155 e. The third-order valence-electron chi connectivity index (χ3n) is 9.31. The molecule has 0 radical (unpaired) electrons. The van der Waals surface area contributed by atoms with Crippen molar-refractivity contribution in [2.75, 3.05) is 0 Å². The van der Waals surface area contributed by atoms with E-state index in [-0.39, 0.29) is 33.2 Å². The van der Waals surface area contributed by atoms with Crippen molar-refractivity contribution in [1.82, 2.24) is 0 Å². The van der Waals surface area contributed by atoms with E-state index in [9.17, 15) is 9.59 Å². The standard InChI is InChI=1S/C22H32O2S/c1-13(23)15-5-6-16-17-12-19(25)18-11-14(24)7-8-21(18,3)22(17,4)10-9-20(15,16)2/h11,15-17,19,25H,5-10,12H2,1-4H3. The number of hydrogen-bond donors (Lipinski definition) is 1. The summed E-state index contributed by atoms with van der Waals surface area (Å²) in [4.78, 5) is 24.3. The number of carbonyl (C=O) groups is 2. The molecule has 3 heteroatoms. The SMILES string of the molecule is CC(=O)C1CCC2C3CC(S)C4=CC(=O)CCC4(C)C3(C)CCC12C. The van der Waals surface area contributed by atoms with E-state index in [4.69, 9.17) is 12.6 Å². The van der Waals surface area contributed by atoms with Gasteiger partial charge in [-0.3, -0.25) is 9.59 Å². The molecule has 4 aliphatic carbocycles. The summed E-state index contributed by atoms with van der Waals surface area (Å²) in [7, 11) is 0. The highest BCUT2D eigenvalue weighted by atomic mass is 32.1. The average Bonchev–Trinajstić information content (AvgIpc) is 2.89. The fourth-order valence-electron chi connectivity index (χ4n) is 7.59. The molecule has 25 heavy (non-hydrogen) atoms. The van der Waals surface area contributed by atoms with Crippen molar-refractivity contribution in [3.05, 3.63) is 11.6 Å². The Morgan fingerprint density at radius 1 is 1.12 bits per heavy atom. The van der Waals surface area contributed by atoms with Gasteiger partial charge in [0.25, 0.3) is 0 Å². The van der Waals surface area contributed by atoms with Crippen LogP contribution in [0.25, 0.3) is 0 Å². The maximum Gasteiger partial charge on any atom is 0.155 e. The average molecular weight is 361 g/mol. The molecule has 4 rings (SSSR count). The number of fused-ring (bicyclic) bond motifs is 5. The lowest BCUT2D eigenvalue weighted by molar-refractivity contribution is -0.138. The summed E-state index contributed by atoms with van der Waals surface area (Å²) >= 11 is 4.96. The quantitative estimate of drug-likeness (QED) is 0.666. The van der Waals surface area contributed by atoms with Crippen LogP contribution in [0, 0.1) is 34.0 Å². The molecule has 0 aromatic heterocycles. The van der Waals surface area contributed by atoms with E-state index in [1.165, 1.54) is 18.4 Å². The van der Waals surface area contributed by atoms with Crippen molar-refractivity contribution in [3.63, 3.8) is 0 Å². The molecule has 4 aliphatic rings. The van der Waals surface area contributed by atoms with Gasteiger partial charge < -0.3 is 0 Å². The molecule has 3 saturated carbocycles. The predicted molar refractivity (Wildman–Crippen MR) is 104 cm³/mol. The van der Waals surface area contributed by atoms with Crippen LogP contribution in [-0.4, -0.2) is 16.8 Å². The maximum absolute atomic E-state index is 12.3. The number of thiol groups is 1. The van der Waals surface area contributed by atoms with Crippen molar-refractivity contribution < 1.29 is 9.59 Å². The number of carbonyl (C=O) groups excluding carboxylic acids is 2. The van der Waals surface area contributed by atoms with Gasteiger partial charge in [-0.25, -0.2) is 0 Å². The first-order valence-corrected chi connectivity index (χ1v) is 10.6. The molecule has 0 N–H and O–H groups in total. The molecule has 138 valence electrons. The molecule has 0 aliphatic heterocycles. The van der Waals surface area contributed by atoms with Crippen molar-refractivity contribution in [2.24, 2.45) is 34.0 Å². The number of hydrogen-bond acceptors (Lipinski definition) is 3. The molecule has 0 spiro atoms. The van der Waals surface area contributed by atoms with E-state index in [0.29, 0.717) is 24.0 Å². The van der Waals surface area contributed by atoms with Gasteiger partial charge in [-0.15, -0.1) is 0 Å². The Labute approximate surface area is 157 Å². The van der Waals surface area contributed by atoms with Gasteiger partial charge >= 0.3 is 0 Å². The Balaban J connectivity index is 1.77. The minimum absolute atomic E-state index is 0.0892. The van der Waals surface area contributed by atoms with Crippen LogP contribution in [0.1, 0.15) is 72.6 Å². The highest BCUT2D eigenvalue weighted by molar-refractivity contribution is 7.81. The Kier molecular flexibility index (Phi) is 3.90. The lowest BCUT2D eigenvalue weighted by atomic mass is 9.40. The summed E-state index contributed by atoms with van der Waals surface area (Å²) in [6.45, 7) is 9.08. The fraction of sp³-hybridized carbons (Fsp3) is 0.818. The van der Waals surface area contributed by atoms with Crippen LogP contribution in [0.15, 0.2) is 11.6 Å². The third kappa shape index (κ3) is 2.17. The van der Waals surface area contributed by atoms with Crippen molar-refractivity contribution in [3.8, 4) is 0 Å². The number of ketones is 2. The summed E-state index contributed by atoms with van der Waals surface area (Å²) in [6.07, 6.45) is 9.25. The lowest BCUT2D eigenvalue weighted by Crippen LogP contribution is -2.59. The van der Waals surface area contributed by atoms with E-state index in [1.807, 2.05) is 6.08 Å². The zero-order chi connectivity index (χ0) is 18.2. The second-order valence-corrected chi connectivity index (χ2v) is 10.6. The lowest BCUT2D eigenvalue weighted by Gasteiger charge is -2.65. The normalized spacial score (nSPS) is 52.0. The third-order valence-corrected chi connectivity index (χ3v) is 9.80. The van der Waals surface area contributed by atoms with Crippen LogP contribution in [0.3, 0.4) is 0 Å². The zero-order valence-corrected chi connectivity index (χ0v) is 17.0.